The van der Waals surface area contributed by atoms with Crippen molar-refractivity contribution in [2.75, 3.05) is 46.4 Å². The van der Waals surface area contributed by atoms with Crippen LogP contribution in [0.4, 0.5) is 17.6 Å². The molecule has 2 fully saturated rings. The molecule has 2 aliphatic rings. The molecule has 2 heterocycles. The van der Waals surface area contributed by atoms with Crippen LogP contribution in [0.15, 0.2) is 29.3 Å². The molecule has 2 N–H and O–H groups in total. The second kappa shape index (κ2) is 9.30. The maximum absolute atomic E-state index is 13.4. The molecule has 5 nitrogen and oxygen atoms in total. The van der Waals surface area contributed by atoms with E-state index in [1.807, 2.05) is 12.1 Å². The van der Waals surface area contributed by atoms with Gasteiger partial charge in [-0.25, -0.2) is 4.39 Å². The van der Waals surface area contributed by atoms with E-state index in [0.29, 0.717) is 45.2 Å². The molecule has 1 aromatic carbocycles. The van der Waals surface area contributed by atoms with Crippen molar-refractivity contribution in [2.24, 2.45) is 4.99 Å². The summed E-state index contributed by atoms with van der Waals surface area (Å²) in [5.41, 5.74) is 0.837. The molecule has 0 aliphatic carbocycles. The van der Waals surface area contributed by atoms with Crippen molar-refractivity contribution in [1.29, 1.82) is 0 Å². The highest BCUT2D eigenvalue weighted by Gasteiger charge is 2.36. The molecule has 162 valence electrons. The van der Waals surface area contributed by atoms with Gasteiger partial charge in [0.25, 0.3) is 0 Å². The summed E-state index contributed by atoms with van der Waals surface area (Å²) in [6.07, 6.45) is -1.95. The first-order valence-corrected chi connectivity index (χ1v) is 9.90. The number of nitrogens with one attached hydrogen (secondary N) is 2. The third-order valence-corrected chi connectivity index (χ3v) is 5.74. The molecule has 2 aliphatic heterocycles. The van der Waals surface area contributed by atoms with Crippen LogP contribution in [0.5, 0.6) is 0 Å². The fraction of sp³-hybridized carbons (Fsp3) is 0.650. The van der Waals surface area contributed by atoms with Crippen LogP contribution in [0.2, 0.25) is 0 Å². The topological polar surface area (TPSA) is 48.9 Å². The molecule has 0 bridgehead atoms. The zero-order valence-electron chi connectivity index (χ0n) is 16.6. The number of nitrogens with zero attached hydrogens (tertiary/aromatic N) is 2. The molecule has 29 heavy (non-hydrogen) atoms. The van der Waals surface area contributed by atoms with Crippen molar-refractivity contribution in [3.63, 3.8) is 0 Å². The molecule has 0 radical (unpaired) electrons. The lowest BCUT2D eigenvalue weighted by Gasteiger charge is -2.38. The number of hydrogen-bond acceptors (Lipinski definition) is 3. The van der Waals surface area contributed by atoms with Crippen molar-refractivity contribution in [2.45, 2.75) is 36.9 Å². The Hall–Kier alpha value is -1.87. The Morgan fingerprint density at radius 1 is 1.24 bits per heavy atom. The number of hydrogen-bond donors (Lipinski definition) is 2. The van der Waals surface area contributed by atoms with Gasteiger partial charge in [-0.3, -0.25) is 9.89 Å². The van der Waals surface area contributed by atoms with Crippen LogP contribution in [0.25, 0.3) is 0 Å². The molecule has 1 unspecified atom stereocenters. The number of guanidine groups is 1. The van der Waals surface area contributed by atoms with Crippen LogP contribution in [-0.2, 0) is 10.2 Å². The van der Waals surface area contributed by atoms with Gasteiger partial charge < -0.3 is 15.4 Å². The number of likely N-dealkylation sites (tertiary alicyclic amines) is 1. The summed E-state index contributed by atoms with van der Waals surface area (Å²) >= 11 is 0. The van der Waals surface area contributed by atoms with E-state index in [1.54, 1.807) is 7.05 Å². The minimum absolute atomic E-state index is 0.0833. The predicted octanol–water partition coefficient (Wildman–Crippen LogP) is 2.68. The largest absolute Gasteiger partial charge is 0.401 e. The third kappa shape index (κ3) is 6.05. The summed E-state index contributed by atoms with van der Waals surface area (Å²) in [6.45, 7) is 1.69. The molecule has 0 aromatic heterocycles. The quantitative estimate of drug-likeness (QED) is 0.440. The number of halogens is 4. The van der Waals surface area contributed by atoms with E-state index in [1.165, 1.54) is 17.0 Å². The lowest BCUT2D eigenvalue weighted by atomic mass is 9.74. The Morgan fingerprint density at radius 2 is 1.93 bits per heavy atom. The van der Waals surface area contributed by atoms with Crippen LogP contribution in [0.1, 0.15) is 24.8 Å². The first kappa shape index (κ1) is 21.8. The fourth-order valence-corrected chi connectivity index (χ4v) is 4.12. The van der Waals surface area contributed by atoms with Crippen LogP contribution in [0, 0.1) is 5.82 Å². The Kier molecular flexibility index (Phi) is 7.00. The summed E-state index contributed by atoms with van der Waals surface area (Å²) in [6, 6.07) is 6.47. The molecule has 1 aromatic rings. The highest BCUT2D eigenvalue weighted by molar-refractivity contribution is 5.80. The number of aliphatic imine (C=N–C) groups is 1. The van der Waals surface area contributed by atoms with Crippen molar-refractivity contribution in [3.05, 3.63) is 35.6 Å². The van der Waals surface area contributed by atoms with E-state index >= 15 is 0 Å². The minimum Gasteiger partial charge on any atom is -0.381 e. The van der Waals surface area contributed by atoms with Crippen molar-refractivity contribution < 1.29 is 22.3 Å². The highest BCUT2D eigenvalue weighted by atomic mass is 19.4. The standard InChI is InChI=1S/C20H28F4N4O/c1-25-18(27-17-6-9-28(12-17)14-20(22,23)24)26-13-19(7-10-29-11-8-19)15-2-4-16(21)5-3-15/h2-5,17H,6-14H2,1H3,(H2,25,26,27). The monoisotopic (exact) mass is 416 g/mol. The zero-order chi connectivity index (χ0) is 20.9. The van der Waals surface area contributed by atoms with E-state index in [4.69, 9.17) is 4.74 Å². The number of benzene rings is 1. The van der Waals surface area contributed by atoms with Gasteiger partial charge in [0.1, 0.15) is 5.82 Å². The van der Waals surface area contributed by atoms with Gasteiger partial charge in [0.05, 0.1) is 6.54 Å². The summed E-state index contributed by atoms with van der Waals surface area (Å²) in [4.78, 5) is 5.64. The first-order valence-electron chi connectivity index (χ1n) is 9.90. The maximum atomic E-state index is 13.4. The van der Waals surface area contributed by atoms with Gasteiger partial charge in [-0.15, -0.1) is 0 Å². The Labute approximate surface area is 168 Å². The molecule has 2 saturated heterocycles. The predicted molar refractivity (Wildman–Crippen MR) is 104 cm³/mol. The summed E-state index contributed by atoms with van der Waals surface area (Å²) in [5, 5.41) is 6.57. The zero-order valence-corrected chi connectivity index (χ0v) is 16.6. The SMILES string of the molecule is CN=C(NCC1(c2ccc(F)cc2)CCOCC1)NC1CCN(CC(F)(F)F)C1. The second-order valence-electron chi connectivity index (χ2n) is 7.81. The first-order chi connectivity index (χ1) is 13.8. The molecule has 9 heteroatoms. The van der Waals surface area contributed by atoms with Gasteiger partial charge >= 0.3 is 6.18 Å². The van der Waals surface area contributed by atoms with Gasteiger partial charge in [0, 0.05) is 51.4 Å². The van der Waals surface area contributed by atoms with E-state index in [2.05, 4.69) is 15.6 Å². The summed E-state index contributed by atoms with van der Waals surface area (Å²) < 4.78 is 56.6. The second-order valence-corrected chi connectivity index (χ2v) is 7.81. The fourth-order valence-electron chi connectivity index (χ4n) is 4.12. The molecular weight excluding hydrogens is 388 g/mol. The minimum atomic E-state index is -4.18. The summed E-state index contributed by atoms with van der Waals surface area (Å²) in [7, 11) is 1.65. The Bertz CT molecular complexity index is 687. The number of alkyl halides is 3. The van der Waals surface area contributed by atoms with Crippen molar-refractivity contribution in [1.82, 2.24) is 15.5 Å². The van der Waals surface area contributed by atoms with E-state index in [0.717, 1.165) is 18.4 Å². The molecule has 0 saturated carbocycles. The summed E-state index contributed by atoms with van der Waals surface area (Å²) in [5.74, 6) is 0.294. The van der Waals surface area contributed by atoms with Gasteiger partial charge in [0.2, 0.25) is 0 Å². The number of rotatable bonds is 5. The molecule has 0 amide bonds. The molecule has 0 spiro atoms. The smallest absolute Gasteiger partial charge is 0.381 e. The lowest BCUT2D eigenvalue weighted by molar-refractivity contribution is -0.143. The Balaban J connectivity index is 1.59. The molecule has 1 atom stereocenters. The van der Waals surface area contributed by atoms with Crippen molar-refractivity contribution >= 4 is 5.96 Å². The van der Waals surface area contributed by atoms with Gasteiger partial charge in [-0.1, -0.05) is 12.1 Å². The third-order valence-electron chi connectivity index (χ3n) is 5.74. The van der Waals surface area contributed by atoms with Crippen LogP contribution >= 0.6 is 0 Å². The van der Waals surface area contributed by atoms with E-state index in [-0.39, 0.29) is 17.3 Å². The van der Waals surface area contributed by atoms with Gasteiger partial charge in [0.15, 0.2) is 5.96 Å². The lowest BCUT2D eigenvalue weighted by Crippen LogP contribution is -2.50. The molecular formula is C20H28F4N4O. The van der Waals surface area contributed by atoms with Crippen LogP contribution < -0.4 is 10.6 Å². The average Bonchev–Trinajstić information content (AvgIpc) is 3.11. The molecule has 3 rings (SSSR count). The Morgan fingerprint density at radius 3 is 2.55 bits per heavy atom. The van der Waals surface area contributed by atoms with Crippen molar-refractivity contribution in [3.8, 4) is 0 Å². The average molecular weight is 416 g/mol. The van der Waals surface area contributed by atoms with E-state index < -0.39 is 12.7 Å². The van der Waals surface area contributed by atoms with E-state index in [9.17, 15) is 17.6 Å². The maximum Gasteiger partial charge on any atom is 0.401 e. The normalized spacial score (nSPS) is 23.2. The van der Waals surface area contributed by atoms with Crippen LogP contribution in [-0.4, -0.2) is 69.5 Å². The highest BCUT2D eigenvalue weighted by Crippen LogP contribution is 2.34. The number of ether oxygens (including phenoxy) is 1. The van der Waals surface area contributed by atoms with Gasteiger partial charge in [-0.05, 0) is 37.0 Å². The van der Waals surface area contributed by atoms with Crippen LogP contribution in [0.3, 0.4) is 0 Å². The van der Waals surface area contributed by atoms with Gasteiger partial charge in [-0.2, -0.15) is 13.2 Å².